The van der Waals surface area contributed by atoms with Gasteiger partial charge < -0.3 is 4.57 Å². The first-order valence-electron chi connectivity index (χ1n) is 10.2. The maximum Gasteiger partial charge on any atom is 0.266 e. The van der Waals surface area contributed by atoms with Gasteiger partial charge in [0, 0.05) is 18.8 Å². The van der Waals surface area contributed by atoms with Gasteiger partial charge in [-0.2, -0.15) is 0 Å². The van der Waals surface area contributed by atoms with Crippen LogP contribution in [-0.2, 0) is 22.5 Å². The van der Waals surface area contributed by atoms with Crippen LogP contribution in [0.5, 0.6) is 0 Å². The fourth-order valence-corrected chi connectivity index (χ4v) is 4.90. The molecule has 32 heavy (non-hydrogen) atoms. The van der Waals surface area contributed by atoms with Gasteiger partial charge in [0.2, 0.25) is 0 Å². The van der Waals surface area contributed by atoms with Crippen molar-refractivity contribution in [3.05, 3.63) is 77.8 Å². The fraction of sp³-hybridized carbons (Fsp3) is 0.250. The highest BCUT2D eigenvalue weighted by Gasteiger charge is 2.37. The molecule has 2 heterocycles. The third kappa shape index (κ3) is 3.60. The van der Waals surface area contributed by atoms with E-state index in [0.717, 1.165) is 11.1 Å². The molecule has 2 aromatic carbocycles. The number of hydrogen-bond donors (Lipinski definition) is 1. The number of sulfonamides is 1. The van der Waals surface area contributed by atoms with Gasteiger partial charge in [-0.25, -0.2) is 13.4 Å². The lowest BCUT2D eigenvalue weighted by atomic mass is 9.87. The molecule has 0 spiro atoms. The van der Waals surface area contributed by atoms with E-state index in [2.05, 4.69) is 37.1 Å². The maximum absolute atomic E-state index is 13.3. The third-order valence-corrected chi connectivity index (χ3v) is 6.97. The Bertz CT molecular complexity index is 1350. The number of carbonyl (C=O) groups is 1. The predicted molar refractivity (Wildman–Crippen MR) is 126 cm³/mol. The van der Waals surface area contributed by atoms with E-state index in [4.69, 9.17) is 0 Å². The lowest BCUT2D eigenvalue weighted by molar-refractivity contribution is 0.101. The van der Waals surface area contributed by atoms with Crippen LogP contribution in [0.25, 0.3) is 5.70 Å². The predicted octanol–water partition coefficient (Wildman–Crippen LogP) is 4.46. The summed E-state index contributed by atoms with van der Waals surface area (Å²) in [5.41, 5.74) is 3.35. The summed E-state index contributed by atoms with van der Waals surface area (Å²) < 4.78 is 30.6. The molecule has 0 aliphatic carbocycles. The van der Waals surface area contributed by atoms with Crippen molar-refractivity contribution in [2.45, 2.75) is 38.0 Å². The van der Waals surface area contributed by atoms with Crippen molar-refractivity contribution in [3.63, 3.8) is 0 Å². The first-order valence-corrected chi connectivity index (χ1v) is 11.7. The Morgan fingerprint density at radius 3 is 2.25 bits per heavy atom. The van der Waals surface area contributed by atoms with E-state index in [1.54, 1.807) is 41.4 Å². The number of aryl methyl sites for hydroxylation is 2. The van der Waals surface area contributed by atoms with Gasteiger partial charge in [0.25, 0.3) is 15.9 Å². The quantitative estimate of drug-likeness (QED) is 0.636. The third-order valence-electron chi connectivity index (χ3n) is 5.58. The van der Waals surface area contributed by atoms with Gasteiger partial charge in [0.05, 0.1) is 28.2 Å². The molecule has 4 rings (SSSR count). The van der Waals surface area contributed by atoms with E-state index >= 15 is 0 Å². The highest BCUT2D eigenvalue weighted by molar-refractivity contribution is 7.92. The van der Waals surface area contributed by atoms with E-state index in [-0.39, 0.29) is 27.5 Å². The number of hydrogen-bond acceptors (Lipinski definition) is 4. The summed E-state index contributed by atoms with van der Waals surface area (Å²) in [6, 6.07) is 10.2. The zero-order valence-corrected chi connectivity index (χ0v) is 19.6. The van der Waals surface area contributed by atoms with Crippen LogP contribution in [0.15, 0.2) is 60.4 Å². The van der Waals surface area contributed by atoms with Crippen LogP contribution in [0.2, 0.25) is 0 Å². The Labute approximate surface area is 188 Å². The van der Waals surface area contributed by atoms with Crippen molar-refractivity contribution in [3.8, 4) is 0 Å². The molecule has 0 unspecified atom stereocenters. The molecule has 1 N–H and O–H groups in total. The minimum Gasteiger partial charge on any atom is -0.338 e. The molecule has 0 radical (unpaired) electrons. The maximum atomic E-state index is 13.3. The molecule has 7 nitrogen and oxygen atoms in total. The largest absolute Gasteiger partial charge is 0.338 e. The molecule has 1 amide bonds. The number of fused-ring (bicyclic) bond motifs is 1. The van der Waals surface area contributed by atoms with Gasteiger partial charge in [-0.15, -0.1) is 0 Å². The summed E-state index contributed by atoms with van der Waals surface area (Å²) >= 11 is 0. The number of anilines is 2. The van der Waals surface area contributed by atoms with E-state index < -0.39 is 10.0 Å². The van der Waals surface area contributed by atoms with Crippen LogP contribution in [0.3, 0.4) is 0 Å². The molecule has 0 fully saturated rings. The molecular weight excluding hydrogens is 424 g/mol. The van der Waals surface area contributed by atoms with Crippen LogP contribution >= 0.6 is 0 Å². The summed E-state index contributed by atoms with van der Waals surface area (Å²) in [7, 11) is -2.09. The number of imidazole rings is 1. The second-order valence-electron chi connectivity index (χ2n) is 9.04. The summed E-state index contributed by atoms with van der Waals surface area (Å²) in [4.78, 5) is 19.1. The number of rotatable bonds is 4. The first-order chi connectivity index (χ1) is 14.9. The Hall–Kier alpha value is -3.39. The summed E-state index contributed by atoms with van der Waals surface area (Å²) in [5.74, 6) is 0.0675. The number of amides is 1. The van der Waals surface area contributed by atoms with Crippen LogP contribution in [0.1, 0.15) is 47.8 Å². The highest BCUT2D eigenvalue weighted by atomic mass is 32.2. The zero-order chi connectivity index (χ0) is 23.4. The van der Waals surface area contributed by atoms with Gasteiger partial charge in [0.1, 0.15) is 0 Å². The van der Waals surface area contributed by atoms with Gasteiger partial charge in [-0.1, -0.05) is 45.5 Å². The number of carbonyl (C=O) groups excluding carboxylic acids is 1. The Morgan fingerprint density at radius 1 is 1.03 bits per heavy atom. The Kier molecular flexibility index (Phi) is 5.01. The van der Waals surface area contributed by atoms with Crippen molar-refractivity contribution >= 4 is 33.1 Å². The Morgan fingerprint density at radius 2 is 1.69 bits per heavy atom. The number of aromatic nitrogens is 2. The van der Waals surface area contributed by atoms with Gasteiger partial charge in [-0.3, -0.25) is 14.4 Å². The minimum absolute atomic E-state index is 0.0881. The smallest absolute Gasteiger partial charge is 0.266 e. The average molecular weight is 451 g/mol. The van der Waals surface area contributed by atoms with Gasteiger partial charge >= 0.3 is 0 Å². The molecule has 0 saturated carbocycles. The number of nitrogens with one attached hydrogen (secondary N) is 1. The minimum atomic E-state index is -3.90. The zero-order valence-electron chi connectivity index (χ0n) is 18.8. The van der Waals surface area contributed by atoms with E-state index in [1.807, 2.05) is 26.1 Å². The molecule has 8 heteroatoms. The van der Waals surface area contributed by atoms with E-state index in [0.29, 0.717) is 17.1 Å². The highest BCUT2D eigenvalue weighted by Crippen LogP contribution is 2.41. The molecule has 166 valence electrons. The van der Waals surface area contributed by atoms with E-state index in [9.17, 15) is 13.2 Å². The fourth-order valence-electron chi connectivity index (χ4n) is 3.83. The van der Waals surface area contributed by atoms with Crippen LogP contribution in [-0.4, -0.2) is 23.9 Å². The molecular formula is C24H26N4O3S. The molecule has 0 atom stereocenters. The first kappa shape index (κ1) is 21.8. The van der Waals surface area contributed by atoms with Gasteiger partial charge in [-0.05, 0) is 41.7 Å². The average Bonchev–Trinajstić information content (AvgIpc) is 3.24. The Balaban J connectivity index is 1.73. The molecule has 0 bridgehead atoms. The van der Waals surface area contributed by atoms with Crippen molar-refractivity contribution in [2.24, 2.45) is 7.05 Å². The lowest BCUT2D eigenvalue weighted by Crippen LogP contribution is -2.23. The van der Waals surface area contributed by atoms with Crippen molar-refractivity contribution in [1.29, 1.82) is 0 Å². The number of benzene rings is 2. The van der Waals surface area contributed by atoms with Crippen LogP contribution in [0.4, 0.5) is 11.5 Å². The summed E-state index contributed by atoms with van der Waals surface area (Å²) in [6.45, 7) is 12.1. The second-order valence-corrected chi connectivity index (χ2v) is 10.7. The molecule has 1 aromatic heterocycles. The lowest BCUT2D eigenvalue weighted by Gasteiger charge is -2.19. The molecule has 1 aliphatic rings. The monoisotopic (exact) mass is 450 g/mol. The standard InChI is InChI=1S/C24H26N4O3S/c1-15-7-12-19(26-32(30,31)18-10-8-17(9-11-18)24(3,4)5)22-21(15)16(2)28(23(22)29)20-13-27(6)14-25-20/h7-14,26H,2H2,1,3-6H3. The molecule has 0 saturated heterocycles. The molecule has 1 aliphatic heterocycles. The van der Waals surface area contributed by atoms with Crippen molar-refractivity contribution in [2.75, 3.05) is 9.62 Å². The topological polar surface area (TPSA) is 84.3 Å². The van der Waals surface area contributed by atoms with Crippen LogP contribution in [0, 0.1) is 6.92 Å². The van der Waals surface area contributed by atoms with Gasteiger partial charge in [0.15, 0.2) is 5.82 Å². The van der Waals surface area contributed by atoms with Crippen LogP contribution < -0.4 is 9.62 Å². The number of nitrogens with zero attached hydrogens (tertiary/aromatic N) is 3. The summed E-state index contributed by atoms with van der Waals surface area (Å²) in [5, 5.41) is 0. The summed E-state index contributed by atoms with van der Waals surface area (Å²) in [6.07, 6.45) is 3.31. The SMILES string of the molecule is C=C1c2c(C)ccc(NS(=O)(=O)c3ccc(C(C)(C)C)cc3)c2C(=O)N1c1cn(C)cn1. The second kappa shape index (κ2) is 7.34. The van der Waals surface area contributed by atoms with Crippen molar-refractivity contribution < 1.29 is 13.2 Å². The molecule has 3 aromatic rings. The van der Waals surface area contributed by atoms with Crippen molar-refractivity contribution in [1.82, 2.24) is 9.55 Å². The van der Waals surface area contributed by atoms with E-state index in [1.165, 1.54) is 4.90 Å². The normalized spacial score (nSPS) is 14.1.